The lowest BCUT2D eigenvalue weighted by atomic mass is 10.1. The summed E-state index contributed by atoms with van der Waals surface area (Å²) in [4.78, 5) is 19.1. The van der Waals surface area contributed by atoms with Gasteiger partial charge in [-0.05, 0) is 19.1 Å². The van der Waals surface area contributed by atoms with E-state index in [1.807, 2.05) is 55.5 Å². The Morgan fingerprint density at radius 2 is 1.86 bits per heavy atom. The Morgan fingerprint density at radius 1 is 1.07 bits per heavy atom. The van der Waals surface area contributed by atoms with Crippen LogP contribution in [0.3, 0.4) is 0 Å². The summed E-state index contributed by atoms with van der Waals surface area (Å²) >= 11 is 0. The molecular weight excluding hydrogens is 358 g/mol. The molecule has 0 fully saturated rings. The maximum atomic E-state index is 10.7. The molecule has 28 heavy (non-hydrogen) atoms. The van der Waals surface area contributed by atoms with Crippen LogP contribution in [-0.4, -0.2) is 21.1 Å². The molecule has 0 aliphatic rings. The molecule has 0 radical (unpaired) electrons. The summed E-state index contributed by atoms with van der Waals surface area (Å²) in [7, 11) is 0. The summed E-state index contributed by atoms with van der Waals surface area (Å²) in [6.45, 7) is 2.03. The van der Waals surface area contributed by atoms with Crippen molar-refractivity contribution in [3.05, 3.63) is 82.1 Å². The van der Waals surface area contributed by atoms with Gasteiger partial charge in [0.2, 0.25) is 5.95 Å². The van der Waals surface area contributed by atoms with Gasteiger partial charge in [-0.3, -0.25) is 10.1 Å². The molecule has 8 nitrogen and oxygen atoms in total. The van der Waals surface area contributed by atoms with E-state index in [9.17, 15) is 10.1 Å². The first-order valence-electron chi connectivity index (χ1n) is 8.47. The molecule has 0 amide bonds. The van der Waals surface area contributed by atoms with Gasteiger partial charge in [-0.2, -0.15) is 5.10 Å². The molecule has 2 heterocycles. The molecule has 0 bridgehead atoms. The molecule has 0 unspecified atom stereocenters. The maximum Gasteiger partial charge on any atom is 0.433 e. The van der Waals surface area contributed by atoms with Gasteiger partial charge in [-0.1, -0.05) is 48.0 Å². The van der Waals surface area contributed by atoms with E-state index >= 15 is 0 Å². The lowest BCUT2D eigenvalue weighted by molar-refractivity contribution is -0.402. The van der Waals surface area contributed by atoms with Crippen molar-refractivity contribution in [3.63, 3.8) is 0 Å². The zero-order chi connectivity index (χ0) is 19.5. The van der Waals surface area contributed by atoms with Gasteiger partial charge in [0.1, 0.15) is 4.92 Å². The molecule has 0 aliphatic heterocycles. The van der Waals surface area contributed by atoms with Gasteiger partial charge in [-0.15, -0.1) is 0 Å². The molecule has 2 aromatic carbocycles. The minimum atomic E-state index is -0.606. The third kappa shape index (κ3) is 3.56. The number of hydrogen-bond donors (Lipinski definition) is 1. The Hall–Kier alpha value is -4.07. The van der Waals surface area contributed by atoms with Crippen LogP contribution in [0.15, 0.2) is 70.2 Å². The van der Waals surface area contributed by atoms with Crippen LogP contribution < -0.4 is 5.43 Å². The molecule has 0 aliphatic carbocycles. The van der Waals surface area contributed by atoms with Crippen molar-refractivity contribution in [1.82, 2.24) is 9.97 Å². The van der Waals surface area contributed by atoms with Crippen LogP contribution >= 0.6 is 0 Å². The third-order valence-corrected chi connectivity index (χ3v) is 4.08. The van der Waals surface area contributed by atoms with Crippen LogP contribution in [0.5, 0.6) is 0 Å². The number of fused-ring (bicyclic) bond motifs is 1. The minimum absolute atomic E-state index is 0.249. The van der Waals surface area contributed by atoms with E-state index in [4.69, 9.17) is 4.42 Å². The number of anilines is 1. The predicted octanol–water partition coefficient (Wildman–Crippen LogP) is 4.55. The van der Waals surface area contributed by atoms with Crippen LogP contribution in [0.25, 0.3) is 22.2 Å². The number of para-hydroxylation sites is 1. The number of nitrogens with one attached hydrogen (secondary N) is 1. The van der Waals surface area contributed by atoms with Gasteiger partial charge in [-0.25, -0.2) is 15.4 Å². The molecule has 4 aromatic rings. The van der Waals surface area contributed by atoms with Crippen molar-refractivity contribution >= 4 is 29.0 Å². The van der Waals surface area contributed by atoms with Gasteiger partial charge in [0.15, 0.2) is 5.76 Å². The standard InChI is InChI=1S/C20H15N5O3/c1-13-6-8-14(9-7-13)19-16-4-2-3-5-17(16)22-20(23-19)24-21-12-15-10-11-18(28-15)25(26)27/h2-12H,1H3,(H,22,23,24)/b21-12+. The average Bonchev–Trinajstić information content (AvgIpc) is 3.17. The van der Waals surface area contributed by atoms with Crippen molar-refractivity contribution in [2.24, 2.45) is 5.10 Å². The smallest absolute Gasteiger partial charge is 0.400 e. The number of rotatable bonds is 5. The fraction of sp³-hybridized carbons (Fsp3) is 0.0500. The quantitative estimate of drug-likeness (QED) is 0.312. The van der Waals surface area contributed by atoms with Crippen LogP contribution in [0, 0.1) is 17.0 Å². The predicted molar refractivity (Wildman–Crippen MR) is 106 cm³/mol. The zero-order valence-electron chi connectivity index (χ0n) is 14.9. The normalized spacial score (nSPS) is 11.2. The average molecular weight is 373 g/mol. The number of furan rings is 1. The second kappa shape index (κ2) is 7.28. The molecule has 8 heteroatoms. The monoisotopic (exact) mass is 373 g/mol. The number of benzene rings is 2. The maximum absolute atomic E-state index is 10.7. The summed E-state index contributed by atoms with van der Waals surface area (Å²) in [5.41, 5.74) is 6.46. The highest BCUT2D eigenvalue weighted by atomic mass is 16.6. The summed E-state index contributed by atoms with van der Waals surface area (Å²) in [5.74, 6) is 0.218. The summed E-state index contributed by atoms with van der Waals surface area (Å²) in [6.07, 6.45) is 1.33. The van der Waals surface area contributed by atoms with E-state index in [0.29, 0.717) is 5.95 Å². The highest BCUT2D eigenvalue weighted by Gasteiger charge is 2.11. The molecule has 2 aromatic heterocycles. The van der Waals surface area contributed by atoms with Crippen molar-refractivity contribution in [2.45, 2.75) is 6.92 Å². The van der Waals surface area contributed by atoms with Crippen LogP contribution in [-0.2, 0) is 0 Å². The highest BCUT2D eigenvalue weighted by Crippen LogP contribution is 2.27. The van der Waals surface area contributed by atoms with Gasteiger partial charge >= 0.3 is 5.88 Å². The van der Waals surface area contributed by atoms with Crippen LogP contribution in [0.1, 0.15) is 11.3 Å². The second-order valence-electron chi connectivity index (χ2n) is 6.08. The van der Waals surface area contributed by atoms with Gasteiger partial charge in [0.05, 0.1) is 23.5 Å². The van der Waals surface area contributed by atoms with E-state index in [1.165, 1.54) is 18.3 Å². The first-order chi connectivity index (χ1) is 13.6. The Balaban J connectivity index is 1.66. The number of nitrogens with zero attached hydrogens (tertiary/aromatic N) is 4. The minimum Gasteiger partial charge on any atom is -0.400 e. The summed E-state index contributed by atoms with van der Waals surface area (Å²) in [5, 5.41) is 15.6. The molecule has 1 N–H and O–H groups in total. The second-order valence-corrected chi connectivity index (χ2v) is 6.08. The summed E-state index contributed by atoms with van der Waals surface area (Å²) < 4.78 is 5.03. The molecule has 4 rings (SSSR count). The lowest BCUT2D eigenvalue weighted by Gasteiger charge is -2.08. The third-order valence-electron chi connectivity index (χ3n) is 4.08. The molecule has 0 saturated carbocycles. The SMILES string of the molecule is Cc1ccc(-c2nc(N/N=C/c3ccc([N+](=O)[O-])o3)nc3ccccc23)cc1. The van der Waals surface area contributed by atoms with Crippen molar-refractivity contribution < 1.29 is 9.34 Å². The lowest BCUT2D eigenvalue weighted by Crippen LogP contribution is -1.99. The molecular formula is C20H15N5O3. The van der Waals surface area contributed by atoms with Crippen molar-refractivity contribution in [3.8, 4) is 11.3 Å². The topological polar surface area (TPSA) is 106 Å². The molecule has 0 saturated heterocycles. The first-order valence-corrected chi connectivity index (χ1v) is 8.47. The highest BCUT2D eigenvalue weighted by molar-refractivity contribution is 5.93. The Morgan fingerprint density at radius 3 is 2.61 bits per heavy atom. The molecule has 0 atom stereocenters. The Kier molecular flexibility index (Phi) is 4.51. The van der Waals surface area contributed by atoms with Crippen LogP contribution in [0.2, 0.25) is 0 Å². The number of hydrazone groups is 1. The van der Waals surface area contributed by atoms with E-state index < -0.39 is 4.92 Å². The van der Waals surface area contributed by atoms with E-state index in [0.717, 1.165) is 27.7 Å². The van der Waals surface area contributed by atoms with E-state index in [-0.39, 0.29) is 11.6 Å². The van der Waals surface area contributed by atoms with E-state index in [2.05, 4.69) is 20.5 Å². The van der Waals surface area contributed by atoms with Gasteiger partial charge in [0, 0.05) is 10.9 Å². The first kappa shape index (κ1) is 17.3. The Bertz CT molecular complexity index is 1180. The molecule has 138 valence electrons. The zero-order valence-corrected chi connectivity index (χ0v) is 14.9. The van der Waals surface area contributed by atoms with Crippen LogP contribution in [0.4, 0.5) is 11.8 Å². The van der Waals surface area contributed by atoms with Gasteiger partial charge in [0.25, 0.3) is 0 Å². The van der Waals surface area contributed by atoms with Gasteiger partial charge < -0.3 is 4.42 Å². The number of nitro groups is 1. The number of aromatic nitrogens is 2. The number of aryl methyl sites for hydroxylation is 1. The summed E-state index contributed by atoms with van der Waals surface area (Å²) in [6, 6.07) is 18.5. The fourth-order valence-electron chi connectivity index (χ4n) is 2.72. The molecule has 0 spiro atoms. The Labute approximate surface area is 159 Å². The number of hydrogen-bond acceptors (Lipinski definition) is 7. The largest absolute Gasteiger partial charge is 0.433 e. The van der Waals surface area contributed by atoms with Crippen molar-refractivity contribution in [2.75, 3.05) is 5.43 Å². The van der Waals surface area contributed by atoms with Crippen molar-refractivity contribution in [1.29, 1.82) is 0 Å². The fourth-order valence-corrected chi connectivity index (χ4v) is 2.72. The van der Waals surface area contributed by atoms with E-state index in [1.54, 1.807) is 0 Å².